The third-order valence-corrected chi connectivity index (χ3v) is 4.59. The van der Waals surface area contributed by atoms with E-state index in [1.165, 1.54) is 12.8 Å². The van der Waals surface area contributed by atoms with Gasteiger partial charge in [0.05, 0.1) is 12.1 Å². The topological polar surface area (TPSA) is 41.4 Å². The highest BCUT2D eigenvalue weighted by molar-refractivity contribution is 5.78. The molecular weight excluding hydrogens is 252 g/mol. The van der Waals surface area contributed by atoms with Gasteiger partial charge >= 0.3 is 0 Å². The maximum Gasteiger partial charge on any atom is 0.228 e. The highest BCUT2D eigenvalue weighted by Crippen LogP contribution is 2.32. The molecule has 0 unspecified atom stereocenters. The first-order valence-corrected chi connectivity index (χ1v) is 7.58. The van der Waals surface area contributed by atoms with Gasteiger partial charge in [-0.3, -0.25) is 14.4 Å². The fourth-order valence-electron chi connectivity index (χ4n) is 3.81. The third-order valence-electron chi connectivity index (χ3n) is 4.59. The van der Waals surface area contributed by atoms with Gasteiger partial charge in [-0.25, -0.2) is 0 Å². The van der Waals surface area contributed by atoms with Crippen LogP contribution in [0.1, 0.15) is 32.4 Å². The molecule has 1 aromatic rings. The third kappa shape index (κ3) is 2.46. The Kier molecular flexibility index (Phi) is 3.54. The summed E-state index contributed by atoms with van der Waals surface area (Å²) in [6.45, 7) is 6.30. The van der Waals surface area contributed by atoms with Crippen LogP contribution in [0.2, 0.25) is 0 Å². The smallest absolute Gasteiger partial charge is 0.228 e. The zero-order valence-electron chi connectivity index (χ0n) is 12.6. The Morgan fingerprint density at radius 2 is 2.00 bits per heavy atom. The van der Waals surface area contributed by atoms with Gasteiger partial charge in [0.15, 0.2) is 0 Å². The van der Waals surface area contributed by atoms with Gasteiger partial charge in [0.1, 0.15) is 0 Å². The molecule has 0 saturated carbocycles. The number of fused-ring (bicyclic) bond motifs is 2. The lowest BCUT2D eigenvalue weighted by molar-refractivity contribution is -0.134. The van der Waals surface area contributed by atoms with Gasteiger partial charge in [-0.05, 0) is 32.8 Å². The van der Waals surface area contributed by atoms with Crippen LogP contribution in [-0.4, -0.2) is 56.7 Å². The van der Waals surface area contributed by atoms with Crippen LogP contribution in [0.25, 0.3) is 0 Å². The second-order valence-electron chi connectivity index (χ2n) is 6.38. The number of amides is 1. The minimum Gasteiger partial charge on any atom is -0.339 e. The van der Waals surface area contributed by atoms with Crippen molar-refractivity contribution in [2.45, 2.75) is 51.2 Å². The van der Waals surface area contributed by atoms with E-state index in [0.717, 1.165) is 18.8 Å². The van der Waals surface area contributed by atoms with Crippen molar-refractivity contribution < 1.29 is 4.79 Å². The number of likely N-dealkylation sites (tertiary alicyclic amines) is 1. The van der Waals surface area contributed by atoms with Crippen LogP contribution < -0.4 is 0 Å². The van der Waals surface area contributed by atoms with E-state index in [9.17, 15) is 4.79 Å². The molecule has 0 N–H and O–H groups in total. The predicted molar refractivity (Wildman–Crippen MR) is 77.3 cm³/mol. The van der Waals surface area contributed by atoms with E-state index >= 15 is 0 Å². The van der Waals surface area contributed by atoms with Crippen LogP contribution in [0.15, 0.2) is 12.3 Å². The highest BCUT2D eigenvalue weighted by atomic mass is 16.2. The molecule has 5 nitrogen and oxygen atoms in total. The van der Waals surface area contributed by atoms with E-state index in [1.54, 1.807) is 4.68 Å². The number of rotatable bonds is 3. The number of aromatic nitrogens is 2. The quantitative estimate of drug-likeness (QED) is 0.828. The van der Waals surface area contributed by atoms with Gasteiger partial charge in [0, 0.05) is 44.5 Å². The molecular formula is C15H24N4O. The van der Waals surface area contributed by atoms with Crippen LogP contribution in [0.4, 0.5) is 0 Å². The molecule has 2 aliphatic rings. The molecule has 110 valence electrons. The van der Waals surface area contributed by atoms with Crippen LogP contribution in [0, 0.1) is 0 Å². The molecule has 2 aliphatic heterocycles. The largest absolute Gasteiger partial charge is 0.339 e. The Labute approximate surface area is 120 Å². The van der Waals surface area contributed by atoms with Gasteiger partial charge < -0.3 is 4.90 Å². The normalized spacial score (nSPS) is 26.5. The van der Waals surface area contributed by atoms with Gasteiger partial charge in [-0.15, -0.1) is 0 Å². The van der Waals surface area contributed by atoms with Gasteiger partial charge in [-0.1, -0.05) is 0 Å². The van der Waals surface area contributed by atoms with Crippen molar-refractivity contribution in [3.8, 4) is 0 Å². The summed E-state index contributed by atoms with van der Waals surface area (Å²) in [7, 11) is 1.88. The fraction of sp³-hybridized carbons (Fsp3) is 0.733. The predicted octanol–water partition coefficient (Wildman–Crippen LogP) is 1.05. The molecule has 3 rings (SSSR count). The van der Waals surface area contributed by atoms with Crippen molar-refractivity contribution >= 4 is 5.91 Å². The SMILES string of the molecule is CC(C)N1[C@H]2CC[C@H]1CN(C(=O)Cc1ccn(C)n1)C2. The minimum atomic E-state index is 0.226. The van der Waals surface area contributed by atoms with Crippen LogP contribution >= 0.6 is 0 Å². The zero-order chi connectivity index (χ0) is 14.3. The van der Waals surface area contributed by atoms with Crippen LogP contribution in [0.3, 0.4) is 0 Å². The van der Waals surface area contributed by atoms with E-state index in [-0.39, 0.29) is 5.91 Å². The molecule has 0 spiro atoms. The van der Waals surface area contributed by atoms with Crippen LogP contribution in [-0.2, 0) is 18.3 Å². The first kappa shape index (κ1) is 13.6. The van der Waals surface area contributed by atoms with Crippen molar-refractivity contribution in [2.24, 2.45) is 7.05 Å². The van der Waals surface area contributed by atoms with Gasteiger partial charge in [0.2, 0.25) is 5.91 Å². The summed E-state index contributed by atoms with van der Waals surface area (Å²) in [5, 5.41) is 4.30. The highest BCUT2D eigenvalue weighted by Gasteiger charge is 2.42. The molecule has 0 radical (unpaired) electrons. The Balaban J connectivity index is 1.64. The molecule has 2 saturated heterocycles. The summed E-state index contributed by atoms with van der Waals surface area (Å²) >= 11 is 0. The Morgan fingerprint density at radius 3 is 2.50 bits per heavy atom. The lowest BCUT2D eigenvalue weighted by atomic mass is 10.1. The summed E-state index contributed by atoms with van der Waals surface area (Å²) in [4.78, 5) is 17.1. The number of nitrogens with zero attached hydrogens (tertiary/aromatic N) is 4. The van der Waals surface area contributed by atoms with E-state index in [4.69, 9.17) is 0 Å². The monoisotopic (exact) mass is 276 g/mol. The molecule has 2 atom stereocenters. The number of hydrogen-bond acceptors (Lipinski definition) is 3. The molecule has 0 aromatic carbocycles. The van der Waals surface area contributed by atoms with E-state index < -0.39 is 0 Å². The summed E-state index contributed by atoms with van der Waals surface area (Å²) in [5.74, 6) is 0.226. The second-order valence-corrected chi connectivity index (χ2v) is 6.38. The number of carbonyl (C=O) groups is 1. The molecule has 2 bridgehead atoms. The summed E-state index contributed by atoms with van der Waals surface area (Å²) < 4.78 is 1.75. The van der Waals surface area contributed by atoms with E-state index in [1.807, 2.05) is 19.3 Å². The lowest BCUT2D eigenvalue weighted by Crippen LogP contribution is -2.57. The van der Waals surface area contributed by atoms with Crippen molar-refractivity contribution in [1.82, 2.24) is 19.6 Å². The zero-order valence-corrected chi connectivity index (χ0v) is 12.6. The average Bonchev–Trinajstić information content (AvgIpc) is 2.91. The molecule has 1 aromatic heterocycles. The van der Waals surface area contributed by atoms with Crippen LogP contribution in [0.5, 0.6) is 0 Å². The Hall–Kier alpha value is -1.36. The number of hydrogen-bond donors (Lipinski definition) is 0. The second kappa shape index (κ2) is 5.20. The molecule has 0 aliphatic carbocycles. The van der Waals surface area contributed by atoms with Crippen molar-refractivity contribution in [3.63, 3.8) is 0 Å². The maximum absolute atomic E-state index is 12.4. The maximum atomic E-state index is 12.4. The molecule has 5 heteroatoms. The van der Waals surface area contributed by atoms with Crippen molar-refractivity contribution in [2.75, 3.05) is 13.1 Å². The molecule has 20 heavy (non-hydrogen) atoms. The Morgan fingerprint density at radius 1 is 1.35 bits per heavy atom. The van der Waals surface area contributed by atoms with Crippen molar-refractivity contribution in [3.05, 3.63) is 18.0 Å². The van der Waals surface area contributed by atoms with E-state index in [2.05, 4.69) is 28.7 Å². The summed E-state index contributed by atoms with van der Waals surface area (Å²) in [6.07, 6.45) is 4.79. The summed E-state index contributed by atoms with van der Waals surface area (Å²) in [6, 6.07) is 3.63. The number of aryl methyl sites for hydroxylation is 1. The lowest BCUT2D eigenvalue weighted by Gasteiger charge is -2.43. The summed E-state index contributed by atoms with van der Waals surface area (Å²) in [5.41, 5.74) is 0.871. The van der Waals surface area contributed by atoms with Crippen molar-refractivity contribution in [1.29, 1.82) is 0 Å². The Bertz CT molecular complexity index is 482. The first-order chi connectivity index (χ1) is 9.54. The first-order valence-electron chi connectivity index (χ1n) is 7.58. The van der Waals surface area contributed by atoms with Gasteiger partial charge in [-0.2, -0.15) is 5.10 Å². The molecule has 1 amide bonds. The molecule has 2 fully saturated rings. The molecule has 3 heterocycles. The standard InChI is InChI=1S/C15H24N4O/c1-11(2)19-13-4-5-14(19)10-18(9-13)15(20)8-12-6-7-17(3)16-12/h6-7,11,13-14H,4-5,8-10H2,1-3H3/t13-,14-/m0/s1. The fourth-order valence-corrected chi connectivity index (χ4v) is 3.81. The number of carbonyl (C=O) groups excluding carboxylic acids is 1. The number of piperazine rings is 1. The van der Waals surface area contributed by atoms with E-state index in [0.29, 0.717) is 24.5 Å². The minimum absolute atomic E-state index is 0.226. The van der Waals surface area contributed by atoms with Gasteiger partial charge in [0.25, 0.3) is 0 Å². The average molecular weight is 276 g/mol.